The van der Waals surface area contributed by atoms with Gasteiger partial charge in [-0.2, -0.15) is 0 Å². The molecule has 0 aromatic carbocycles. The Bertz CT molecular complexity index is 379. The Labute approximate surface area is 94.1 Å². The van der Waals surface area contributed by atoms with Crippen molar-refractivity contribution in [3.63, 3.8) is 0 Å². The molecule has 6 nitrogen and oxygen atoms in total. The summed E-state index contributed by atoms with van der Waals surface area (Å²) in [4.78, 5) is 18.6. The molecule has 3 N–H and O–H groups in total. The number of aliphatic carboxylic acids is 1. The first-order chi connectivity index (χ1) is 7.43. The lowest BCUT2D eigenvalue weighted by atomic mass is 10.0. The van der Waals surface area contributed by atoms with E-state index in [1.807, 2.05) is 13.8 Å². The molecule has 16 heavy (non-hydrogen) atoms. The lowest BCUT2D eigenvalue weighted by molar-refractivity contribution is -0.137. The highest BCUT2D eigenvalue weighted by molar-refractivity contribution is 5.69. The summed E-state index contributed by atoms with van der Waals surface area (Å²) in [6.45, 7) is 3.62. The summed E-state index contributed by atoms with van der Waals surface area (Å²) < 4.78 is 0. The van der Waals surface area contributed by atoms with Crippen LogP contribution in [-0.4, -0.2) is 33.6 Å². The minimum Gasteiger partial charge on any atom is -0.481 e. The van der Waals surface area contributed by atoms with E-state index in [9.17, 15) is 4.79 Å². The summed E-state index contributed by atoms with van der Waals surface area (Å²) >= 11 is 0. The number of carbonyl (C=O) groups is 1. The van der Waals surface area contributed by atoms with Crippen molar-refractivity contribution in [3.05, 3.63) is 12.4 Å². The van der Waals surface area contributed by atoms with Gasteiger partial charge in [-0.25, -0.2) is 9.97 Å². The van der Waals surface area contributed by atoms with E-state index >= 15 is 0 Å². The van der Waals surface area contributed by atoms with Crippen LogP contribution in [0.5, 0.6) is 0 Å². The van der Waals surface area contributed by atoms with E-state index in [1.165, 1.54) is 6.33 Å². The van der Waals surface area contributed by atoms with Gasteiger partial charge in [-0.1, -0.05) is 0 Å². The number of hydrogen-bond acceptors (Lipinski definition) is 5. The van der Waals surface area contributed by atoms with Crippen molar-refractivity contribution in [2.45, 2.75) is 25.8 Å². The lowest BCUT2D eigenvalue weighted by Crippen LogP contribution is -2.34. The monoisotopic (exact) mass is 224 g/mol. The van der Waals surface area contributed by atoms with E-state index in [2.05, 4.69) is 20.6 Å². The van der Waals surface area contributed by atoms with Crippen molar-refractivity contribution < 1.29 is 9.90 Å². The maximum absolute atomic E-state index is 10.6. The second kappa shape index (κ2) is 4.78. The molecule has 0 aliphatic rings. The zero-order valence-electron chi connectivity index (χ0n) is 9.61. The molecule has 0 fully saturated rings. The molecule has 1 rings (SSSR count). The van der Waals surface area contributed by atoms with Crippen LogP contribution in [0.3, 0.4) is 0 Å². The van der Waals surface area contributed by atoms with Crippen molar-refractivity contribution >= 4 is 17.6 Å². The Hall–Kier alpha value is -1.85. The summed E-state index contributed by atoms with van der Waals surface area (Å²) in [6, 6.07) is 1.73. The molecule has 0 unspecified atom stereocenters. The second-order valence-electron chi connectivity index (χ2n) is 4.12. The topological polar surface area (TPSA) is 87.1 Å². The quantitative estimate of drug-likeness (QED) is 0.696. The van der Waals surface area contributed by atoms with Crippen LogP contribution in [0.1, 0.15) is 20.3 Å². The molecule has 0 atom stereocenters. The van der Waals surface area contributed by atoms with Crippen molar-refractivity contribution in [1.29, 1.82) is 0 Å². The fourth-order valence-electron chi connectivity index (χ4n) is 1.33. The van der Waals surface area contributed by atoms with Crippen LogP contribution in [0.15, 0.2) is 12.4 Å². The largest absolute Gasteiger partial charge is 0.481 e. The van der Waals surface area contributed by atoms with E-state index < -0.39 is 11.5 Å². The molecule has 0 aliphatic carbocycles. The van der Waals surface area contributed by atoms with Crippen LogP contribution in [0.25, 0.3) is 0 Å². The molecule has 0 aliphatic heterocycles. The van der Waals surface area contributed by atoms with Crippen molar-refractivity contribution in [3.8, 4) is 0 Å². The molecule has 6 heteroatoms. The van der Waals surface area contributed by atoms with Gasteiger partial charge in [0.05, 0.1) is 6.42 Å². The van der Waals surface area contributed by atoms with Gasteiger partial charge in [-0.05, 0) is 13.8 Å². The van der Waals surface area contributed by atoms with Gasteiger partial charge in [0.1, 0.15) is 18.0 Å². The van der Waals surface area contributed by atoms with E-state index in [0.717, 1.165) is 0 Å². The first kappa shape index (κ1) is 12.2. The third kappa shape index (κ3) is 3.72. The normalized spacial score (nSPS) is 10.9. The highest BCUT2D eigenvalue weighted by atomic mass is 16.4. The maximum Gasteiger partial charge on any atom is 0.305 e. The third-order valence-corrected chi connectivity index (χ3v) is 1.98. The summed E-state index contributed by atoms with van der Waals surface area (Å²) in [5, 5.41) is 14.7. The number of anilines is 2. The first-order valence-corrected chi connectivity index (χ1v) is 4.93. The zero-order chi connectivity index (χ0) is 12.2. The third-order valence-electron chi connectivity index (χ3n) is 1.98. The summed E-state index contributed by atoms with van der Waals surface area (Å²) in [7, 11) is 1.76. The Morgan fingerprint density at radius 3 is 2.62 bits per heavy atom. The predicted molar refractivity (Wildman–Crippen MR) is 61.5 cm³/mol. The molecule has 1 aromatic heterocycles. The van der Waals surface area contributed by atoms with E-state index in [0.29, 0.717) is 11.6 Å². The molecule has 1 aromatic rings. The van der Waals surface area contributed by atoms with Crippen LogP contribution >= 0.6 is 0 Å². The van der Waals surface area contributed by atoms with Gasteiger partial charge < -0.3 is 15.7 Å². The van der Waals surface area contributed by atoms with Gasteiger partial charge in [0.2, 0.25) is 0 Å². The van der Waals surface area contributed by atoms with Crippen molar-refractivity contribution in [1.82, 2.24) is 9.97 Å². The highest BCUT2D eigenvalue weighted by Gasteiger charge is 2.21. The molecule has 0 radical (unpaired) electrons. The first-order valence-electron chi connectivity index (χ1n) is 4.93. The minimum atomic E-state index is -0.847. The number of hydrogen-bond donors (Lipinski definition) is 3. The molecule has 0 amide bonds. The van der Waals surface area contributed by atoms with Crippen molar-refractivity contribution in [2.24, 2.45) is 0 Å². The van der Waals surface area contributed by atoms with Crippen molar-refractivity contribution in [2.75, 3.05) is 17.7 Å². The molecule has 1 heterocycles. The summed E-state index contributed by atoms with van der Waals surface area (Å²) in [5.74, 6) is 0.439. The van der Waals surface area contributed by atoms with Crippen LogP contribution < -0.4 is 10.6 Å². The minimum absolute atomic E-state index is 0.0197. The van der Waals surface area contributed by atoms with Gasteiger partial charge in [0, 0.05) is 18.7 Å². The highest BCUT2D eigenvalue weighted by Crippen LogP contribution is 2.17. The van der Waals surface area contributed by atoms with Gasteiger partial charge in [0.25, 0.3) is 0 Å². The molecule has 0 bridgehead atoms. The Balaban J connectivity index is 2.75. The number of carboxylic acid groups (broad SMARTS) is 1. The van der Waals surface area contributed by atoms with Crippen LogP contribution in [0.4, 0.5) is 11.6 Å². The van der Waals surface area contributed by atoms with Crippen LogP contribution in [-0.2, 0) is 4.79 Å². The molecule has 0 spiro atoms. The number of nitrogens with one attached hydrogen (secondary N) is 2. The van der Waals surface area contributed by atoms with Crippen LogP contribution in [0.2, 0.25) is 0 Å². The van der Waals surface area contributed by atoms with E-state index in [-0.39, 0.29) is 6.42 Å². The van der Waals surface area contributed by atoms with Crippen LogP contribution in [0, 0.1) is 0 Å². The maximum atomic E-state index is 10.6. The fourth-order valence-corrected chi connectivity index (χ4v) is 1.33. The Morgan fingerprint density at radius 2 is 2.06 bits per heavy atom. The van der Waals surface area contributed by atoms with Gasteiger partial charge >= 0.3 is 5.97 Å². The smallest absolute Gasteiger partial charge is 0.305 e. The zero-order valence-corrected chi connectivity index (χ0v) is 9.61. The van der Waals surface area contributed by atoms with E-state index in [1.54, 1.807) is 13.1 Å². The second-order valence-corrected chi connectivity index (χ2v) is 4.12. The number of carboxylic acids is 1. The molecule has 88 valence electrons. The Kier molecular flexibility index (Phi) is 3.65. The van der Waals surface area contributed by atoms with Gasteiger partial charge in [0.15, 0.2) is 0 Å². The predicted octanol–water partition coefficient (Wildman–Crippen LogP) is 1.18. The summed E-state index contributed by atoms with van der Waals surface area (Å²) in [6.07, 6.45) is 1.44. The number of rotatable bonds is 5. The Morgan fingerprint density at radius 1 is 1.44 bits per heavy atom. The number of nitrogens with zero attached hydrogens (tertiary/aromatic N) is 2. The average Bonchev–Trinajstić information content (AvgIpc) is 2.15. The fraction of sp³-hybridized carbons (Fsp3) is 0.500. The van der Waals surface area contributed by atoms with Gasteiger partial charge in [-0.3, -0.25) is 4.79 Å². The molecular weight excluding hydrogens is 208 g/mol. The molecule has 0 saturated heterocycles. The standard InChI is InChI=1S/C10H16N4O2/c1-10(2,5-9(15)16)14-8-4-7(11-3)12-6-13-8/h4,6H,5H2,1-3H3,(H,15,16)(H2,11,12,13,14). The summed E-state index contributed by atoms with van der Waals surface area (Å²) in [5.41, 5.74) is -0.550. The van der Waals surface area contributed by atoms with Gasteiger partial charge in [-0.15, -0.1) is 0 Å². The SMILES string of the molecule is CNc1cc(NC(C)(C)CC(=O)O)ncn1. The number of aromatic nitrogens is 2. The average molecular weight is 224 g/mol. The lowest BCUT2D eigenvalue weighted by Gasteiger charge is -2.24. The van der Waals surface area contributed by atoms with E-state index in [4.69, 9.17) is 5.11 Å². The molecular formula is C10H16N4O2. The molecule has 0 saturated carbocycles.